The van der Waals surface area contributed by atoms with Crippen LogP contribution in [0.5, 0.6) is 0 Å². The van der Waals surface area contributed by atoms with Crippen LogP contribution in [0.4, 0.5) is 6.01 Å². The van der Waals surface area contributed by atoms with Gasteiger partial charge in [0.1, 0.15) is 0 Å². The molecule has 0 aliphatic heterocycles. The Bertz CT molecular complexity index is 565. The molecule has 0 aliphatic carbocycles. The summed E-state index contributed by atoms with van der Waals surface area (Å²) in [6.07, 6.45) is 1.87. The highest BCUT2D eigenvalue weighted by Gasteiger charge is 2.35. The summed E-state index contributed by atoms with van der Waals surface area (Å²) in [7, 11) is 0. The molecule has 0 atom stereocenters. The van der Waals surface area contributed by atoms with Gasteiger partial charge in [0.25, 0.3) is 0 Å². The number of benzene rings is 1. The Balaban J connectivity index is 2.40. The molecule has 0 radical (unpaired) electrons. The SMILES string of the molecule is CCC(CC)(c1ccccc1)c1noc(NC(C)(C)C)n1. The van der Waals surface area contributed by atoms with E-state index in [1.807, 2.05) is 6.07 Å². The number of rotatable bonds is 5. The molecular formula is C17H25N3O. The normalized spacial score (nSPS) is 12.4. The molecule has 114 valence electrons. The fraction of sp³-hybridized carbons (Fsp3) is 0.529. The molecule has 0 saturated heterocycles. The average molecular weight is 287 g/mol. The second-order valence-corrected chi connectivity index (χ2v) is 6.45. The molecule has 0 saturated carbocycles. The molecule has 0 unspecified atom stereocenters. The minimum Gasteiger partial charge on any atom is -0.333 e. The van der Waals surface area contributed by atoms with Crippen molar-refractivity contribution in [2.75, 3.05) is 5.32 Å². The van der Waals surface area contributed by atoms with E-state index in [0.717, 1.165) is 18.7 Å². The predicted octanol–water partition coefficient (Wildman–Crippen LogP) is 4.39. The third kappa shape index (κ3) is 3.26. The molecule has 1 heterocycles. The smallest absolute Gasteiger partial charge is 0.321 e. The summed E-state index contributed by atoms with van der Waals surface area (Å²) in [5.74, 6) is 0.755. The van der Waals surface area contributed by atoms with Crippen LogP contribution in [0, 0.1) is 0 Å². The topological polar surface area (TPSA) is 51.0 Å². The van der Waals surface area contributed by atoms with E-state index < -0.39 is 0 Å². The lowest BCUT2D eigenvalue weighted by atomic mass is 9.75. The largest absolute Gasteiger partial charge is 0.333 e. The van der Waals surface area contributed by atoms with Gasteiger partial charge in [-0.3, -0.25) is 0 Å². The van der Waals surface area contributed by atoms with Gasteiger partial charge in [-0.1, -0.05) is 49.3 Å². The van der Waals surface area contributed by atoms with Crippen molar-refractivity contribution in [2.24, 2.45) is 0 Å². The summed E-state index contributed by atoms with van der Waals surface area (Å²) in [5, 5.41) is 7.48. The number of nitrogens with zero attached hydrogens (tertiary/aromatic N) is 2. The highest BCUT2D eigenvalue weighted by molar-refractivity contribution is 5.34. The van der Waals surface area contributed by atoms with Crippen LogP contribution in [0.3, 0.4) is 0 Å². The lowest BCUT2D eigenvalue weighted by Gasteiger charge is -2.28. The van der Waals surface area contributed by atoms with Crippen molar-refractivity contribution in [2.45, 2.75) is 58.4 Å². The first-order valence-electron chi connectivity index (χ1n) is 7.59. The molecule has 2 aromatic rings. The Labute approximate surface area is 127 Å². The van der Waals surface area contributed by atoms with E-state index in [0.29, 0.717) is 6.01 Å². The summed E-state index contributed by atoms with van der Waals surface area (Å²) in [6, 6.07) is 10.9. The Kier molecular flexibility index (Phi) is 4.35. The zero-order chi connectivity index (χ0) is 15.5. The summed E-state index contributed by atoms with van der Waals surface area (Å²) >= 11 is 0. The fourth-order valence-electron chi connectivity index (χ4n) is 2.65. The molecule has 4 nitrogen and oxygen atoms in total. The molecule has 1 aromatic heterocycles. The van der Waals surface area contributed by atoms with Crippen LogP contribution in [-0.4, -0.2) is 15.7 Å². The number of hydrogen-bond acceptors (Lipinski definition) is 4. The molecular weight excluding hydrogens is 262 g/mol. The second kappa shape index (κ2) is 5.88. The highest BCUT2D eigenvalue weighted by atomic mass is 16.5. The van der Waals surface area contributed by atoms with Gasteiger partial charge < -0.3 is 9.84 Å². The number of anilines is 1. The molecule has 1 aromatic carbocycles. The molecule has 0 amide bonds. The van der Waals surface area contributed by atoms with E-state index in [1.165, 1.54) is 5.56 Å². The van der Waals surface area contributed by atoms with Gasteiger partial charge in [0.2, 0.25) is 0 Å². The molecule has 0 spiro atoms. The Hall–Kier alpha value is -1.84. The quantitative estimate of drug-likeness (QED) is 0.886. The maximum atomic E-state index is 5.40. The van der Waals surface area contributed by atoms with Crippen molar-refractivity contribution in [3.05, 3.63) is 41.7 Å². The third-order valence-corrected chi connectivity index (χ3v) is 3.87. The van der Waals surface area contributed by atoms with Crippen LogP contribution < -0.4 is 5.32 Å². The van der Waals surface area contributed by atoms with Crippen molar-refractivity contribution >= 4 is 6.01 Å². The van der Waals surface area contributed by atoms with Gasteiger partial charge in [-0.25, -0.2) is 0 Å². The van der Waals surface area contributed by atoms with Crippen LogP contribution in [-0.2, 0) is 5.41 Å². The van der Waals surface area contributed by atoms with E-state index in [2.05, 4.69) is 74.3 Å². The Morgan fingerprint density at radius 3 is 2.19 bits per heavy atom. The Morgan fingerprint density at radius 2 is 1.67 bits per heavy atom. The van der Waals surface area contributed by atoms with Crippen molar-refractivity contribution in [3.8, 4) is 0 Å². The second-order valence-electron chi connectivity index (χ2n) is 6.45. The molecule has 0 aliphatic rings. The first kappa shape index (κ1) is 15.5. The zero-order valence-electron chi connectivity index (χ0n) is 13.6. The van der Waals surface area contributed by atoms with E-state index in [9.17, 15) is 0 Å². The highest BCUT2D eigenvalue weighted by Crippen LogP contribution is 2.37. The predicted molar refractivity (Wildman–Crippen MR) is 85.5 cm³/mol. The third-order valence-electron chi connectivity index (χ3n) is 3.87. The van der Waals surface area contributed by atoms with E-state index in [1.54, 1.807) is 0 Å². The zero-order valence-corrected chi connectivity index (χ0v) is 13.6. The summed E-state index contributed by atoms with van der Waals surface area (Å²) in [6.45, 7) is 10.6. The van der Waals surface area contributed by atoms with E-state index >= 15 is 0 Å². The number of nitrogens with one attached hydrogen (secondary N) is 1. The lowest BCUT2D eigenvalue weighted by Crippen LogP contribution is -2.28. The summed E-state index contributed by atoms with van der Waals surface area (Å²) in [4.78, 5) is 4.60. The molecule has 21 heavy (non-hydrogen) atoms. The molecule has 4 heteroatoms. The Morgan fingerprint density at radius 1 is 1.05 bits per heavy atom. The van der Waals surface area contributed by atoms with Gasteiger partial charge >= 0.3 is 6.01 Å². The number of hydrogen-bond donors (Lipinski definition) is 1. The molecule has 0 fully saturated rings. The van der Waals surface area contributed by atoms with Crippen molar-refractivity contribution in [1.82, 2.24) is 10.1 Å². The van der Waals surface area contributed by atoms with Crippen LogP contribution in [0.15, 0.2) is 34.9 Å². The summed E-state index contributed by atoms with van der Waals surface area (Å²) in [5.41, 5.74) is 0.943. The van der Waals surface area contributed by atoms with Gasteiger partial charge in [0.15, 0.2) is 5.82 Å². The molecule has 0 bridgehead atoms. The van der Waals surface area contributed by atoms with E-state index in [-0.39, 0.29) is 11.0 Å². The maximum Gasteiger partial charge on any atom is 0.321 e. The van der Waals surface area contributed by atoms with Gasteiger partial charge in [-0.2, -0.15) is 4.98 Å². The van der Waals surface area contributed by atoms with Gasteiger partial charge in [0.05, 0.1) is 5.41 Å². The minimum absolute atomic E-state index is 0.0996. The number of aromatic nitrogens is 2. The van der Waals surface area contributed by atoms with Crippen molar-refractivity contribution < 1.29 is 4.52 Å². The van der Waals surface area contributed by atoms with Crippen LogP contribution in [0.2, 0.25) is 0 Å². The maximum absolute atomic E-state index is 5.40. The van der Waals surface area contributed by atoms with Crippen molar-refractivity contribution in [3.63, 3.8) is 0 Å². The first-order chi connectivity index (χ1) is 9.91. The molecule has 1 N–H and O–H groups in total. The van der Waals surface area contributed by atoms with Gasteiger partial charge in [-0.05, 0) is 39.2 Å². The average Bonchev–Trinajstić information content (AvgIpc) is 2.89. The molecule has 2 rings (SSSR count). The van der Waals surface area contributed by atoms with Gasteiger partial charge in [-0.15, -0.1) is 0 Å². The fourth-order valence-corrected chi connectivity index (χ4v) is 2.65. The minimum atomic E-state index is -0.192. The van der Waals surface area contributed by atoms with Crippen LogP contribution in [0.25, 0.3) is 0 Å². The summed E-state index contributed by atoms with van der Waals surface area (Å²) < 4.78 is 5.40. The van der Waals surface area contributed by atoms with Crippen LogP contribution in [0.1, 0.15) is 58.8 Å². The van der Waals surface area contributed by atoms with E-state index in [4.69, 9.17) is 4.52 Å². The van der Waals surface area contributed by atoms with Crippen LogP contribution >= 0.6 is 0 Å². The van der Waals surface area contributed by atoms with Crippen molar-refractivity contribution in [1.29, 1.82) is 0 Å². The monoisotopic (exact) mass is 287 g/mol. The standard InChI is InChI=1S/C17H25N3O/c1-6-17(7-2,13-11-9-8-10-12-13)14-18-15(21-20-14)19-16(3,4)5/h8-12H,6-7H2,1-5H3,(H,18,19,20). The first-order valence-corrected chi connectivity index (χ1v) is 7.59. The van der Waals surface area contributed by atoms with Gasteiger partial charge in [0, 0.05) is 5.54 Å². The lowest BCUT2D eigenvalue weighted by molar-refractivity contribution is 0.378.